The van der Waals surface area contributed by atoms with Crippen molar-refractivity contribution in [3.8, 4) is 0 Å². The smallest absolute Gasteiger partial charge is 0.303 e. The van der Waals surface area contributed by atoms with Crippen LogP contribution in [-0.2, 0) is 4.79 Å². The van der Waals surface area contributed by atoms with Crippen LogP contribution in [0.1, 0.15) is 219 Å². The number of aliphatic carboxylic acids is 1. The number of hydrogen-bond acceptors (Lipinski definition) is 1. The molecule has 2 nitrogen and oxygen atoms in total. The van der Waals surface area contributed by atoms with Crippen molar-refractivity contribution in [2.24, 2.45) is 5.92 Å². The lowest BCUT2D eigenvalue weighted by atomic mass is 9.89. The third-order valence-electron chi connectivity index (χ3n) is 8.68. The Hall–Kier alpha value is -0.530. The molecule has 0 saturated carbocycles. The molecule has 0 aliphatic carbocycles. The van der Waals surface area contributed by atoms with Crippen LogP contribution in [0.25, 0.3) is 0 Å². The molecule has 0 spiro atoms. The van der Waals surface area contributed by atoms with E-state index in [1.807, 2.05) is 0 Å². The van der Waals surface area contributed by atoms with Gasteiger partial charge in [0.1, 0.15) is 0 Å². The lowest BCUT2D eigenvalue weighted by Crippen LogP contribution is -2.01. The summed E-state index contributed by atoms with van der Waals surface area (Å²) in [5.74, 6) is 0.336. The van der Waals surface area contributed by atoms with Crippen LogP contribution >= 0.6 is 0 Å². The van der Waals surface area contributed by atoms with Crippen LogP contribution in [0.2, 0.25) is 0 Å². The summed E-state index contributed by atoms with van der Waals surface area (Å²) in [7, 11) is 0. The summed E-state index contributed by atoms with van der Waals surface area (Å²) in [6.07, 6.45) is 43.8. The highest BCUT2D eigenvalue weighted by molar-refractivity contribution is 5.66. The summed E-state index contributed by atoms with van der Waals surface area (Å²) >= 11 is 0. The van der Waals surface area contributed by atoms with E-state index >= 15 is 0 Å². The minimum atomic E-state index is -0.645. The highest BCUT2D eigenvalue weighted by Crippen LogP contribution is 2.25. The van der Waals surface area contributed by atoms with Crippen LogP contribution in [0.15, 0.2) is 0 Å². The molecule has 2 heteroatoms. The first kappa shape index (κ1) is 37.5. The maximum Gasteiger partial charge on any atom is 0.303 e. The van der Waals surface area contributed by atoms with E-state index in [9.17, 15) is 4.79 Å². The second-order valence-electron chi connectivity index (χ2n) is 12.6. The van der Waals surface area contributed by atoms with Gasteiger partial charge < -0.3 is 5.11 Å². The minimum absolute atomic E-state index is 0.346. The van der Waals surface area contributed by atoms with Crippen molar-refractivity contribution in [1.82, 2.24) is 0 Å². The van der Waals surface area contributed by atoms with E-state index in [4.69, 9.17) is 5.11 Å². The molecular formula is C36H72O2. The maximum atomic E-state index is 10.6. The molecule has 0 aromatic carbocycles. The second-order valence-corrected chi connectivity index (χ2v) is 12.6. The summed E-state index contributed by atoms with van der Waals surface area (Å²) in [4.78, 5) is 10.6. The number of carbonyl (C=O) groups is 1. The first-order chi connectivity index (χ1) is 18.7. The Labute approximate surface area is 240 Å². The Morgan fingerprint density at radius 1 is 0.395 bits per heavy atom. The van der Waals surface area contributed by atoms with E-state index in [0.717, 1.165) is 18.8 Å². The van der Waals surface area contributed by atoms with Crippen LogP contribution in [0.4, 0.5) is 0 Å². The number of carboxylic acid groups (broad SMARTS) is 1. The van der Waals surface area contributed by atoms with E-state index < -0.39 is 5.97 Å². The molecule has 0 rings (SSSR count). The van der Waals surface area contributed by atoms with E-state index in [0.29, 0.717) is 6.42 Å². The molecule has 0 radical (unpaired) electrons. The zero-order chi connectivity index (χ0) is 27.8. The van der Waals surface area contributed by atoms with Crippen LogP contribution in [0, 0.1) is 5.92 Å². The van der Waals surface area contributed by atoms with Crippen LogP contribution in [0.5, 0.6) is 0 Å². The SMILES string of the molecule is CCCCCCCCCCCCCCCCCCC(CCCCCC)CCCCCCCCCCC(=O)O. The monoisotopic (exact) mass is 537 g/mol. The molecule has 0 amide bonds. The van der Waals surface area contributed by atoms with Crippen LogP contribution < -0.4 is 0 Å². The average molecular weight is 537 g/mol. The van der Waals surface area contributed by atoms with Crippen molar-refractivity contribution >= 4 is 5.97 Å². The number of hydrogen-bond donors (Lipinski definition) is 1. The lowest BCUT2D eigenvalue weighted by Gasteiger charge is -2.17. The summed E-state index contributed by atoms with van der Waals surface area (Å²) in [5.41, 5.74) is 0. The Bertz CT molecular complexity index is 447. The van der Waals surface area contributed by atoms with Crippen LogP contribution in [-0.4, -0.2) is 11.1 Å². The van der Waals surface area contributed by atoms with Gasteiger partial charge in [-0.2, -0.15) is 0 Å². The van der Waals surface area contributed by atoms with Crippen molar-refractivity contribution in [1.29, 1.82) is 0 Å². The predicted molar refractivity (Wildman–Crippen MR) is 170 cm³/mol. The first-order valence-corrected chi connectivity index (χ1v) is 17.9. The van der Waals surface area contributed by atoms with E-state index in [1.165, 1.54) is 186 Å². The molecule has 1 unspecified atom stereocenters. The largest absolute Gasteiger partial charge is 0.481 e. The molecular weight excluding hydrogens is 464 g/mol. The lowest BCUT2D eigenvalue weighted by molar-refractivity contribution is -0.137. The molecule has 0 aromatic heterocycles. The van der Waals surface area contributed by atoms with Gasteiger partial charge >= 0.3 is 5.97 Å². The zero-order valence-corrected chi connectivity index (χ0v) is 26.6. The van der Waals surface area contributed by atoms with Gasteiger partial charge in [0.2, 0.25) is 0 Å². The molecule has 0 aliphatic heterocycles. The van der Waals surface area contributed by atoms with Gasteiger partial charge in [-0.1, -0.05) is 206 Å². The zero-order valence-electron chi connectivity index (χ0n) is 26.6. The molecule has 0 fully saturated rings. The number of rotatable bonds is 33. The average Bonchev–Trinajstić information content (AvgIpc) is 2.91. The highest BCUT2D eigenvalue weighted by Gasteiger charge is 2.09. The Balaban J connectivity index is 3.63. The standard InChI is InChI=1S/C36H72O2/c1-3-5-7-9-10-11-12-13-14-15-16-17-18-21-24-28-32-35(31-27-8-6-4-2)33-29-25-22-19-20-23-26-30-34-36(37)38/h35H,3-34H2,1-2H3,(H,37,38). The van der Waals surface area contributed by atoms with Crippen molar-refractivity contribution in [2.75, 3.05) is 0 Å². The molecule has 0 bridgehead atoms. The third kappa shape index (κ3) is 31.7. The van der Waals surface area contributed by atoms with Gasteiger partial charge in [-0.25, -0.2) is 0 Å². The fourth-order valence-corrected chi connectivity index (χ4v) is 6.04. The molecule has 0 saturated heterocycles. The molecule has 0 aliphatic rings. The Morgan fingerprint density at radius 2 is 0.632 bits per heavy atom. The van der Waals surface area contributed by atoms with Crippen molar-refractivity contribution in [3.05, 3.63) is 0 Å². The fraction of sp³-hybridized carbons (Fsp3) is 0.972. The van der Waals surface area contributed by atoms with Gasteiger partial charge in [0.15, 0.2) is 0 Å². The van der Waals surface area contributed by atoms with Gasteiger partial charge in [0.05, 0.1) is 0 Å². The van der Waals surface area contributed by atoms with E-state index in [-0.39, 0.29) is 0 Å². The van der Waals surface area contributed by atoms with Crippen molar-refractivity contribution in [3.63, 3.8) is 0 Å². The maximum absolute atomic E-state index is 10.6. The van der Waals surface area contributed by atoms with E-state index in [2.05, 4.69) is 13.8 Å². The van der Waals surface area contributed by atoms with Gasteiger partial charge in [0.25, 0.3) is 0 Å². The Kier molecular flexibility index (Phi) is 32.2. The number of carboxylic acids is 1. The van der Waals surface area contributed by atoms with Crippen LogP contribution in [0.3, 0.4) is 0 Å². The number of unbranched alkanes of at least 4 members (excludes halogenated alkanes) is 25. The molecule has 228 valence electrons. The summed E-state index contributed by atoms with van der Waals surface area (Å²) < 4.78 is 0. The predicted octanol–water partition coefficient (Wildman–Crippen LogP) is 13.2. The van der Waals surface area contributed by atoms with Gasteiger partial charge in [-0.15, -0.1) is 0 Å². The second kappa shape index (κ2) is 32.7. The van der Waals surface area contributed by atoms with Crippen molar-refractivity contribution in [2.45, 2.75) is 219 Å². The minimum Gasteiger partial charge on any atom is -0.481 e. The van der Waals surface area contributed by atoms with Gasteiger partial charge in [-0.3, -0.25) is 4.79 Å². The third-order valence-corrected chi connectivity index (χ3v) is 8.68. The molecule has 1 atom stereocenters. The molecule has 38 heavy (non-hydrogen) atoms. The normalized spacial score (nSPS) is 12.3. The molecule has 0 heterocycles. The van der Waals surface area contributed by atoms with Gasteiger partial charge in [-0.05, 0) is 12.3 Å². The summed E-state index contributed by atoms with van der Waals surface area (Å²) in [5, 5.41) is 8.71. The molecule has 1 N–H and O–H groups in total. The van der Waals surface area contributed by atoms with Gasteiger partial charge in [0, 0.05) is 6.42 Å². The van der Waals surface area contributed by atoms with Crippen molar-refractivity contribution < 1.29 is 9.90 Å². The summed E-state index contributed by atoms with van der Waals surface area (Å²) in [6, 6.07) is 0. The fourth-order valence-electron chi connectivity index (χ4n) is 6.04. The summed E-state index contributed by atoms with van der Waals surface area (Å²) in [6.45, 7) is 4.62. The molecule has 0 aromatic rings. The topological polar surface area (TPSA) is 37.3 Å². The Morgan fingerprint density at radius 3 is 0.921 bits per heavy atom. The quantitative estimate of drug-likeness (QED) is 0.0847. The highest BCUT2D eigenvalue weighted by atomic mass is 16.4. The van der Waals surface area contributed by atoms with E-state index in [1.54, 1.807) is 0 Å². The first-order valence-electron chi connectivity index (χ1n) is 17.9.